The van der Waals surface area contributed by atoms with E-state index in [1.165, 1.54) is 0 Å². The van der Waals surface area contributed by atoms with Crippen LogP contribution in [0.3, 0.4) is 0 Å². The van der Waals surface area contributed by atoms with Crippen molar-refractivity contribution in [2.45, 2.75) is 44.8 Å². The minimum Gasteiger partial charge on any atom is -0.343 e. The summed E-state index contributed by atoms with van der Waals surface area (Å²) < 4.78 is 3.99. The Morgan fingerprint density at radius 3 is 2.96 bits per heavy atom. The lowest BCUT2D eigenvalue weighted by atomic mass is 10.0. The Morgan fingerprint density at radius 1 is 1.35 bits per heavy atom. The van der Waals surface area contributed by atoms with Crippen molar-refractivity contribution >= 4 is 5.91 Å². The molecule has 1 amide bonds. The monoisotopic (exact) mass is 349 g/mol. The van der Waals surface area contributed by atoms with E-state index in [0.29, 0.717) is 18.2 Å². The lowest BCUT2D eigenvalue weighted by Gasteiger charge is -2.23. The summed E-state index contributed by atoms with van der Waals surface area (Å²) >= 11 is 0. The lowest BCUT2D eigenvalue weighted by molar-refractivity contribution is 0.0931. The average molecular weight is 349 g/mol. The maximum absolute atomic E-state index is 13.0. The fraction of sp³-hybridized carbons (Fsp3) is 0.350. The molecular weight excluding hydrogens is 326 g/mol. The molecule has 0 aliphatic carbocycles. The third-order valence-corrected chi connectivity index (χ3v) is 5.06. The van der Waals surface area contributed by atoms with Crippen molar-refractivity contribution < 1.29 is 4.79 Å². The normalized spacial score (nSPS) is 17.5. The van der Waals surface area contributed by atoms with E-state index in [9.17, 15) is 4.79 Å². The number of rotatable bonds is 5. The molecule has 2 unspecified atom stereocenters. The van der Waals surface area contributed by atoms with Crippen LogP contribution in [-0.4, -0.2) is 25.2 Å². The first-order valence-electron chi connectivity index (χ1n) is 9.10. The molecule has 0 saturated heterocycles. The lowest BCUT2D eigenvalue weighted by Crippen LogP contribution is -2.32. The Kier molecular flexibility index (Phi) is 4.56. The van der Waals surface area contributed by atoms with Crippen molar-refractivity contribution in [1.29, 1.82) is 0 Å². The number of imidazole rings is 1. The molecule has 6 heteroatoms. The molecule has 26 heavy (non-hydrogen) atoms. The van der Waals surface area contributed by atoms with Crippen LogP contribution < -0.4 is 5.32 Å². The number of nitrogens with zero attached hydrogens (tertiary/aromatic N) is 4. The van der Waals surface area contributed by atoms with Gasteiger partial charge in [0.25, 0.3) is 5.91 Å². The van der Waals surface area contributed by atoms with E-state index in [-0.39, 0.29) is 11.9 Å². The zero-order valence-electron chi connectivity index (χ0n) is 14.9. The highest BCUT2D eigenvalue weighted by atomic mass is 16.1. The largest absolute Gasteiger partial charge is 0.343 e. The first-order valence-corrected chi connectivity index (χ1v) is 9.10. The predicted octanol–water partition coefficient (Wildman–Crippen LogP) is 3.15. The van der Waals surface area contributed by atoms with Gasteiger partial charge in [0.05, 0.1) is 29.8 Å². The van der Waals surface area contributed by atoms with Gasteiger partial charge in [-0.25, -0.2) is 4.98 Å². The van der Waals surface area contributed by atoms with E-state index < -0.39 is 0 Å². The van der Waals surface area contributed by atoms with Gasteiger partial charge >= 0.3 is 0 Å². The number of amides is 1. The summed E-state index contributed by atoms with van der Waals surface area (Å²) in [6.07, 6.45) is 10.3. The van der Waals surface area contributed by atoms with Gasteiger partial charge in [0, 0.05) is 25.0 Å². The summed E-state index contributed by atoms with van der Waals surface area (Å²) in [6, 6.07) is 10.3. The number of carbonyl (C=O) groups is 1. The van der Waals surface area contributed by atoms with Gasteiger partial charge in [-0.3, -0.25) is 9.48 Å². The molecule has 6 nitrogen and oxygen atoms in total. The zero-order chi connectivity index (χ0) is 17.9. The minimum absolute atomic E-state index is 0.0608. The third-order valence-electron chi connectivity index (χ3n) is 5.06. The quantitative estimate of drug-likeness (QED) is 0.769. The molecule has 0 saturated carbocycles. The summed E-state index contributed by atoms with van der Waals surface area (Å²) in [7, 11) is 0. The molecule has 2 atom stereocenters. The molecule has 3 aromatic rings. The van der Waals surface area contributed by atoms with E-state index in [4.69, 9.17) is 0 Å². The molecular formula is C20H23N5O. The molecule has 0 bridgehead atoms. The summed E-state index contributed by atoms with van der Waals surface area (Å²) in [4.78, 5) is 17.1. The second-order valence-electron chi connectivity index (χ2n) is 6.89. The maximum atomic E-state index is 13.0. The van der Waals surface area contributed by atoms with Crippen LogP contribution in [0.2, 0.25) is 0 Å². The van der Waals surface area contributed by atoms with Gasteiger partial charge in [0.1, 0.15) is 0 Å². The van der Waals surface area contributed by atoms with Crippen molar-refractivity contribution in [3.63, 3.8) is 0 Å². The van der Waals surface area contributed by atoms with Crippen LogP contribution >= 0.6 is 0 Å². The van der Waals surface area contributed by atoms with E-state index in [2.05, 4.69) is 22.3 Å². The second kappa shape index (κ2) is 7.15. The molecule has 4 rings (SSSR count). The Morgan fingerprint density at radius 2 is 2.19 bits per heavy atom. The first-order chi connectivity index (χ1) is 12.7. The van der Waals surface area contributed by atoms with E-state index >= 15 is 0 Å². The van der Waals surface area contributed by atoms with Crippen molar-refractivity contribution in [1.82, 2.24) is 24.6 Å². The summed E-state index contributed by atoms with van der Waals surface area (Å²) in [5.74, 6) is -0.0608. The van der Waals surface area contributed by atoms with Crippen LogP contribution in [0.15, 0.2) is 55.2 Å². The number of carbonyl (C=O) groups excluding carboxylic acids is 1. The Labute approximate surface area is 152 Å². The van der Waals surface area contributed by atoms with Crippen molar-refractivity contribution in [3.8, 4) is 0 Å². The summed E-state index contributed by atoms with van der Waals surface area (Å²) in [5, 5.41) is 7.65. The number of fused-ring (bicyclic) bond motifs is 1. The maximum Gasteiger partial charge on any atom is 0.255 e. The summed E-state index contributed by atoms with van der Waals surface area (Å²) in [5.41, 5.74) is 2.82. The van der Waals surface area contributed by atoms with Gasteiger partial charge in [-0.05, 0) is 31.7 Å². The molecule has 134 valence electrons. The number of aromatic nitrogens is 4. The fourth-order valence-corrected chi connectivity index (χ4v) is 3.65. The van der Waals surface area contributed by atoms with Crippen molar-refractivity contribution in [3.05, 3.63) is 72.1 Å². The van der Waals surface area contributed by atoms with Gasteiger partial charge in [-0.15, -0.1) is 0 Å². The SMILES string of the molecule is CC1CCCc2c(C(=O)NC(Cn3ccnc3)c3ccccc3)cnn21. The Hall–Kier alpha value is -2.89. The van der Waals surface area contributed by atoms with E-state index in [1.54, 1.807) is 18.7 Å². The van der Waals surface area contributed by atoms with Gasteiger partial charge in [-0.2, -0.15) is 5.10 Å². The van der Waals surface area contributed by atoms with Crippen molar-refractivity contribution in [2.24, 2.45) is 0 Å². The Bertz CT molecular complexity index is 869. The molecule has 1 aromatic carbocycles. The third kappa shape index (κ3) is 3.27. The van der Waals surface area contributed by atoms with Crippen LogP contribution in [0.4, 0.5) is 0 Å². The molecule has 1 aliphatic heterocycles. The van der Waals surface area contributed by atoms with E-state index in [0.717, 1.165) is 30.5 Å². The van der Waals surface area contributed by atoms with Crippen LogP contribution in [-0.2, 0) is 13.0 Å². The van der Waals surface area contributed by atoms with Gasteiger partial charge < -0.3 is 9.88 Å². The van der Waals surface area contributed by atoms with Crippen LogP contribution in [0.5, 0.6) is 0 Å². The minimum atomic E-state index is -0.130. The molecule has 3 heterocycles. The molecule has 0 spiro atoms. The number of benzene rings is 1. The number of nitrogens with one attached hydrogen (secondary N) is 1. The number of hydrogen-bond donors (Lipinski definition) is 1. The zero-order valence-corrected chi connectivity index (χ0v) is 14.9. The standard InChI is InChI=1S/C20H23N5O/c1-15-6-5-9-19-17(12-22-25(15)19)20(26)23-18(13-24-11-10-21-14-24)16-7-3-2-4-8-16/h2-4,7-8,10-12,14-15,18H,5-6,9,13H2,1H3,(H,23,26). The topological polar surface area (TPSA) is 64.7 Å². The molecule has 1 aliphatic rings. The predicted molar refractivity (Wildman–Crippen MR) is 98.8 cm³/mol. The molecule has 2 aromatic heterocycles. The highest BCUT2D eigenvalue weighted by Gasteiger charge is 2.25. The summed E-state index contributed by atoms with van der Waals surface area (Å²) in [6.45, 7) is 2.79. The molecule has 0 radical (unpaired) electrons. The van der Waals surface area contributed by atoms with E-state index in [1.807, 2.05) is 45.8 Å². The fourth-order valence-electron chi connectivity index (χ4n) is 3.65. The van der Waals surface area contributed by atoms with Crippen molar-refractivity contribution in [2.75, 3.05) is 0 Å². The van der Waals surface area contributed by atoms with Gasteiger partial charge in [-0.1, -0.05) is 30.3 Å². The van der Waals surface area contributed by atoms with Gasteiger partial charge in [0.15, 0.2) is 0 Å². The van der Waals surface area contributed by atoms with Crippen LogP contribution in [0.1, 0.15) is 53.5 Å². The van der Waals surface area contributed by atoms with Crippen LogP contribution in [0.25, 0.3) is 0 Å². The Balaban J connectivity index is 1.58. The van der Waals surface area contributed by atoms with Gasteiger partial charge in [0.2, 0.25) is 0 Å². The second-order valence-corrected chi connectivity index (χ2v) is 6.89. The average Bonchev–Trinajstić information content (AvgIpc) is 3.32. The highest BCUT2D eigenvalue weighted by molar-refractivity contribution is 5.95. The van der Waals surface area contributed by atoms with Crippen LogP contribution in [0, 0.1) is 0 Å². The highest BCUT2D eigenvalue weighted by Crippen LogP contribution is 2.26. The first kappa shape index (κ1) is 16.6. The molecule has 1 N–H and O–H groups in total. The number of hydrogen-bond acceptors (Lipinski definition) is 3. The molecule has 0 fully saturated rings. The smallest absolute Gasteiger partial charge is 0.255 e.